The lowest BCUT2D eigenvalue weighted by atomic mass is 10.0. The number of aromatic nitrogens is 2. The molecule has 1 N–H and O–H groups in total. The number of nitrogens with one attached hydrogen (secondary N) is 1. The third kappa shape index (κ3) is 4.18. The molecule has 0 saturated heterocycles. The molecule has 3 nitrogen and oxygen atoms in total. The zero-order valence-corrected chi connectivity index (χ0v) is 15.6. The molecule has 0 saturated carbocycles. The van der Waals surface area contributed by atoms with E-state index >= 15 is 0 Å². The minimum absolute atomic E-state index is 0.250. The number of hydrogen-bond acceptors (Lipinski definition) is 2. The molecule has 0 radical (unpaired) electrons. The molecule has 0 fully saturated rings. The van der Waals surface area contributed by atoms with Crippen LogP contribution in [-0.2, 0) is 13.0 Å². The van der Waals surface area contributed by atoms with Crippen molar-refractivity contribution in [2.24, 2.45) is 0 Å². The molecule has 0 aliphatic rings. The van der Waals surface area contributed by atoms with E-state index in [0.29, 0.717) is 0 Å². The largest absolute Gasteiger partial charge is 0.308 e. The molecule has 21 heavy (non-hydrogen) atoms. The highest BCUT2D eigenvalue weighted by Gasteiger charge is 2.20. The quantitative estimate of drug-likeness (QED) is 0.710. The van der Waals surface area contributed by atoms with Crippen molar-refractivity contribution in [3.63, 3.8) is 0 Å². The molecule has 5 heteroatoms. The lowest BCUT2D eigenvalue weighted by molar-refractivity contribution is 0.476. The second-order valence-electron chi connectivity index (χ2n) is 5.00. The number of hydrogen-bond donors (Lipinski definition) is 1. The van der Waals surface area contributed by atoms with Crippen molar-refractivity contribution < 1.29 is 0 Å². The molecule has 0 aliphatic carbocycles. The van der Waals surface area contributed by atoms with Crippen LogP contribution in [0, 0.1) is 0 Å². The highest BCUT2D eigenvalue weighted by atomic mass is 79.9. The molecule has 1 unspecified atom stereocenters. The van der Waals surface area contributed by atoms with Crippen molar-refractivity contribution in [1.29, 1.82) is 0 Å². The minimum Gasteiger partial charge on any atom is -0.308 e. The van der Waals surface area contributed by atoms with E-state index in [0.717, 1.165) is 34.9 Å². The van der Waals surface area contributed by atoms with Crippen LogP contribution >= 0.6 is 31.9 Å². The van der Waals surface area contributed by atoms with Gasteiger partial charge in [-0.05, 0) is 53.9 Å². The molecule has 1 heterocycles. The number of benzene rings is 1. The minimum atomic E-state index is 0.250. The summed E-state index contributed by atoms with van der Waals surface area (Å²) in [6, 6.07) is 8.65. The summed E-state index contributed by atoms with van der Waals surface area (Å²) in [5, 5.41) is 8.10. The molecular weight excluding hydrogens is 394 g/mol. The summed E-state index contributed by atoms with van der Waals surface area (Å²) in [5.74, 6) is 0. The second-order valence-corrected chi connectivity index (χ2v) is 6.70. The second kappa shape index (κ2) is 8.11. The fraction of sp³-hybridized carbons (Fsp3) is 0.438. The predicted octanol–water partition coefficient (Wildman–Crippen LogP) is 4.71. The Hall–Kier alpha value is -0.650. The summed E-state index contributed by atoms with van der Waals surface area (Å²) >= 11 is 7.30. The standard InChI is InChI=1S/C16H21Br2N3/c1-3-9-19-15(10-12-7-5-6-8-13(12)17)16-14(18)11-20-21(16)4-2/h5-8,11,15,19H,3-4,9-10H2,1-2H3. The average Bonchev–Trinajstić information content (AvgIpc) is 2.86. The van der Waals surface area contributed by atoms with Gasteiger partial charge in [-0.2, -0.15) is 5.10 Å². The van der Waals surface area contributed by atoms with Gasteiger partial charge in [-0.1, -0.05) is 41.1 Å². The first kappa shape index (κ1) is 16.7. The van der Waals surface area contributed by atoms with Crippen molar-refractivity contribution in [1.82, 2.24) is 15.1 Å². The van der Waals surface area contributed by atoms with Gasteiger partial charge in [0.25, 0.3) is 0 Å². The van der Waals surface area contributed by atoms with Crippen molar-refractivity contribution in [2.45, 2.75) is 39.3 Å². The lowest BCUT2D eigenvalue weighted by Gasteiger charge is -2.21. The maximum Gasteiger partial charge on any atom is 0.0698 e. The third-order valence-corrected chi connectivity index (χ3v) is 4.87. The number of halogens is 2. The van der Waals surface area contributed by atoms with Crippen LogP contribution in [0.25, 0.3) is 0 Å². The van der Waals surface area contributed by atoms with E-state index in [9.17, 15) is 0 Å². The summed E-state index contributed by atoms with van der Waals surface area (Å²) < 4.78 is 4.30. The molecule has 0 spiro atoms. The first-order chi connectivity index (χ1) is 10.2. The van der Waals surface area contributed by atoms with Gasteiger partial charge in [0, 0.05) is 11.0 Å². The molecule has 114 valence electrons. The average molecular weight is 415 g/mol. The van der Waals surface area contributed by atoms with E-state index in [1.165, 1.54) is 11.3 Å². The molecule has 0 amide bonds. The Morgan fingerprint density at radius 1 is 1.19 bits per heavy atom. The smallest absolute Gasteiger partial charge is 0.0698 e. The van der Waals surface area contributed by atoms with Crippen LogP contribution in [0.1, 0.15) is 37.6 Å². The summed E-state index contributed by atoms with van der Waals surface area (Å²) in [7, 11) is 0. The normalized spacial score (nSPS) is 12.6. The van der Waals surface area contributed by atoms with Gasteiger partial charge >= 0.3 is 0 Å². The summed E-state index contributed by atoms with van der Waals surface area (Å²) in [6.45, 7) is 6.19. The number of rotatable bonds is 7. The van der Waals surface area contributed by atoms with Gasteiger partial charge in [-0.25, -0.2) is 0 Å². The first-order valence-electron chi connectivity index (χ1n) is 7.35. The van der Waals surface area contributed by atoms with Gasteiger partial charge in [0.2, 0.25) is 0 Å². The van der Waals surface area contributed by atoms with Crippen molar-refractivity contribution in [2.75, 3.05) is 6.54 Å². The monoisotopic (exact) mass is 413 g/mol. The fourth-order valence-electron chi connectivity index (χ4n) is 2.44. The first-order valence-corrected chi connectivity index (χ1v) is 8.93. The molecule has 1 aromatic heterocycles. The molecule has 1 atom stereocenters. The maximum atomic E-state index is 4.45. The molecule has 1 aromatic carbocycles. The molecule has 0 bridgehead atoms. The Bertz CT molecular complexity index is 581. The van der Waals surface area contributed by atoms with Crippen LogP contribution in [-0.4, -0.2) is 16.3 Å². The Morgan fingerprint density at radius 2 is 1.95 bits per heavy atom. The maximum absolute atomic E-state index is 4.45. The molecule has 2 rings (SSSR count). The van der Waals surface area contributed by atoms with E-state index in [4.69, 9.17) is 0 Å². The molecule has 2 aromatic rings. The fourth-order valence-corrected chi connectivity index (χ4v) is 3.46. The van der Waals surface area contributed by atoms with E-state index in [2.05, 4.69) is 79.0 Å². The van der Waals surface area contributed by atoms with Gasteiger partial charge in [0.1, 0.15) is 0 Å². The Labute approximate surface area is 143 Å². The van der Waals surface area contributed by atoms with E-state index < -0.39 is 0 Å². The Morgan fingerprint density at radius 3 is 2.62 bits per heavy atom. The van der Waals surface area contributed by atoms with Gasteiger partial charge in [-0.3, -0.25) is 4.68 Å². The van der Waals surface area contributed by atoms with E-state index in [-0.39, 0.29) is 6.04 Å². The van der Waals surface area contributed by atoms with Crippen molar-refractivity contribution >= 4 is 31.9 Å². The highest BCUT2D eigenvalue weighted by molar-refractivity contribution is 9.10. The topological polar surface area (TPSA) is 29.9 Å². The van der Waals surface area contributed by atoms with Crippen LogP contribution in [0.2, 0.25) is 0 Å². The van der Waals surface area contributed by atoms with Crippen LogP contribution in [0.5, 0.6) is 0 Å². The molecule has 0 aliphatic heterocycles. The van der Waals surface area contributed by atoms with E-state index in [1.807, 2.05) is 12.3 Å². The van der Waals surface area contributed by atoms with Gasteiger partial charge in [0.15, 0.2) is 0 Å². The predicted molar refractivity (Wildman–Crippen MR) is 94.5 cm³/mol. The van der Waals surface area contributed by atoms with Crippen LogP contribution in [0.15, 0.2) is 39.4 Å². The summed E-state index contributed by atoms with van der Waals surface area (Å²) in [5.41, 5.74) is 2.53. The molecular formula is C16H21Br2N3. The van der Waals surface area contributed by atoms with Gasteiger partial charge in [0.05, 0.1) is 22.4 Å². The highest BCUT2D eigenvalue weighted by Crippen LogP contribution is 2.28. The van der Waals surface area contributed by atoms with E-state index in [1.54, 1.807) is 0 Å². The van der Waals surface area contributed by atoms with Gasteiger partial charge in [-0.15, -0.1) is 0 Å². The lowest BCUT2D eigenvalue weighted by Crippen LogP contribution is -2.27. The van der Waals surface area contributed by atoms with Crippen molar-refractivity contribution in [3.8, 4) is 0 Å². The van der Waals surface area contributed by atoms with Gasteiger partial charge < -0.3 is 5.32 Å². The zero-order valence-electron chi connectivity index (χ0n) is 12.4. The van der Waals surface area contributed by atoms with Crippen LogP contribution in [0.4, 0.5) is 0 Å². The Balaban J connectivity index is 2.30. The SMILES string of the molecule is CCCNC(Cc1ccccc1Br)c1c(Br)cnn1CC. The van der Waals surface area contributed by atoms with Crippen LogP contribution in [0.3, 0.4) is 0 Å². The zero-order chi connectivity index (χ0) is 15.2. The number of aryl methyl sites for hydroxylation is 1. The number of nitrogens with zero attached hydrogens (tertiary/aromatic N) is 2. The third-order valence-electron chi connectivity index (χ3n) is 3.49. The summed E-state index contributed by atoms with van der Waals surface area (Å²) in [4.78, 5) is 0. The Kier molecular flexibility index (Phi) is 6.45. The van der Waals surface area contributed by atoms with Crippen molar-refractivity contribution in [3.05, 3.63) is 50.7 Å². The van der Waals surface area contributed by atoms with Crippen LogP contribution < -0.4 is 5.32 Å². The summed E-state index contributed by atoms with van der Waals surface area (Å²) in [6.07, 6.45) is 3.94.